The minimum Gasteiger partial charge on any atom is -0.467 e. The first-order valence-corrected chi connectivity index (χ1v) is 7.80. The highest BCUT2D eigenvalue weighted by molar-refractivity contribution is 5.92. The van der Waals surface area contributed by atoms with Crippen LogP contribution in [0.1, 0.15) is 35.2 Å². The van der Waals surface area contributed by atoms with Gasteiger partial charge in [0.15, 0.2) is 0 Å². The fourth-order valence-electron chi connectivity index (χ4n) is 3.10. The predicted molar refractivity (Wildman–Crippen MR) is 83.6 cm³/mol. The van der Waals surface area contributed by atoms with E-state index in [0.29, 0.717) is 17.8 Å². The van der Waals surface area contributed by atoms with Crippen LogP contribution in [-0.4, -0.2) is 22.5 Å². The molecule has 0 aliphatic carbocycles. The molecule has 24 heavy (non-hydrogen) atoms. The van der Waals surface area contributed by atoms with E-state index < -0.39 is 5.82 Å². The third-order valence-electron chi connectivity index (χ3n) is 4.26. The molecule has 3 heterocycles. The standard InChI is InChI=1S/C18H15FN2O3/c19-13-6-2-1-5-12(13)14-11-17(24-20-14)18(22)21-9-3-7-15(21)16-8-4-10-23-16/h1-2,4-6,8,10-11,15H,3,7,9H2. The van der Waals surface area contributed by atoms with Gasteiger partial charge in [0.25, 0.3) is 5.91 Å². The van der Waals surface area contributed by atoms with Gasteiger partial charge in [-0.2, -0.15) is 0 Å². The van der Waals surface area contributed by atoms with Gasteiger partial charge >= 0.3 is 0 Å². The van der Waals surface area contributed by atoms with Crippen molar-refractivity contribution in [3.63, 3.8) is 0 Å². The molecule has 0 N–H and O–H groups in total. The maximum Gasteiger partial charge on any atom is 0.293 e. The molecule has 1 unspecified atom stereocenters. The van der Waals surface area contributed by atoms with Gasteiger partial charge in [-0.3, -0.25) is 4.79 Å². The molecule has 0 saturated carbocycles. The highest BCUT2D eigenvalue weighted by atomic mass is 19.1. The zero-order valence-electron chi connectivity index (χ0n) is 12.8. The lowest BCUT2D eigenvalue weighted by molar-refractivity contribution is 0.0677. The first-order chi connectivity index (χ1) is 11.7. The van der Waals surface area contributed by atoms with E-state index in [-0.39, 0.29) is 17.7 Å². The van der Waals surface area contributed by atoms with Gasteiger partial charge in [-0.1, -0.05) is 17.3 Å². The normalized spacial score (nSPS) is 17.4. The van der Waals surface area contributed by atoms with Crippen LogP contribution >= 0.6 is 0 Å². The molecule has 1 aromatic carbocycles. The Kier molecular flexibility index (Phi) is 3.65. The van der Waals surface area contributed by atoms with Crippen molar-refractivity contribution < 1.29 is 18.1 Å². The molecule has 3 aromatic rings. The lowest BCUT2D eigenvalue weighted by Crippen LogP contribution is -2.30. The molecule has 0 bridgehead atoms. The Balaban J connectivity index is 1.60. The number of amides is 1. The van der Waals surface area contributed by atoms with Crippen LogP contribution < -0.4 is 0 Å². The van der Waals surface area contributed by atoms with E-state index in [4.69, 9.17) is 8.94 Å². The van der Waals surface area contributed by atoms with Gasteiger partial charge < -0.3 is 13.8 Å². The zero-order chi connectivity index (χ0) is 16.5. The van der Waals surface area contributed by atoms with Crippen molar-refractivity contribution in [1.29, 1.82) is 0 Å². The first-order valence-electron chi connectivity index (χ1n) is 7.80. The van der Waals surface area contributed by atoms with E-state index in [1.54, 1.807) is 35.4 Å². The molecule has 1 aliphatic heterocycles. The van der Waals surface area contributed by atoms with Gasteiger partial charge in [-0.05, 0) is 37.1 Å². The molecule has 0 spiro atoms. The van der Waals surface area contributed by atoms with E-state index >= 15 is 0 Å². The van der Waals surface area contributed by atoms with Crippen molar-refractivity contribution in [3.8, 4) is 11.3 Å². The summed E-state index contributed by atoms with van der Waals surface area (Å²) >= 11 is 0. The van der Waals surface area contributed by atoms with Gasteiger partial charge in [-0.25, -0.2) is 4.39 Å². The van der Waals surface area contributed by atoms with Crippen LogP contribution in [0.4, 0.5) is 4.39 Å². The van der Waals surface area contributed by atoms with Crippen LogP contribution in [-0.2, 0) is 0 Å². The minimum absolute atomic E-state index is 0.102. The lowest BCUT2D eigenvalue weighted by atomic mass is 10.1. The number of carbonyl (C=O) groups excluding carboxylic acids is 1. The van der Waals surface area contributed by atoms with Crippen LogP contribution in [0.2, 0.25) is 0 Å². The predicted octanol–water partition coefficient (Wildman–Crippen LogP) is 4.05. The maximum atomic E-state index is 13.8. The quantitative estimate of drug-likeness (QED) is 0.728. The molecule has 1 amide bonds. The van der Waals surface area contributed by atoms with E-state index in [1.807, 2.05) is 6.07 Å². The summed E-state index contributed by atoms with van der Waals surface area (Å²) in [5.74, 6) is 0.199. The molecule has 2 aromatic heterocycles. The van der Waals surface area contributed by atoms with E-state index in [2.05, 4.69) is 5.16 Å². The summed E-state index contributed by atoms with van der Waals surface area (Å²) in [5.41, 5.74) is 0.620. The number of hydrogen-bond donors (Lipinski definition) is 0. The second kappa shape index (κ2) is 5.96. The molecule has 4 rings (SSSR count). The molecule has 1 atom stereocenters. The summed E-state index contributed by atoms with van der Waals surface area (Å²) < 4.78 is 24.5. The molecule has 6 heteroatoms. The molecule has 5 nitrogen and oxygen atoms in total. The highest BCUT2D eigenvalue weighted by Gasteiger charge is 2.34. The number of aromatic nitrogens is 1. The molecular weight excluding hydrogens is 311 g/mol. The average Bonchev–Trinajstić information content (AvgIpc) is 3.34. The molecule has 1 aliphatic rings. The smallest absolute Gasteiger partial charge is 0.293 e. The second-order valence-electron chi connectivity index (χ2n) is 5.73. The molecular formula is C18H15FN2O3. The monoisotopic (exact) mass is 326 g/mol. The van der Waals surface area contributed by atoms with Crippen LogP contribution in [0, 0.1) is 5.82 Å². The lowest BCUT2D eigenvalue weighted by Gasteiger charge is -2.21. The first kappa shape index (κ1) is 14.7. The van der Waals surface area contributed by atoms with Crippen LogP contribution in [0.3, 0.4) is 0 Å². The van der Waals surface area contributed by atoms with Crippen molar-refractivity contribution in [2.45, 2.75) is 18.9 Å². The zero-order valence-corrected chi connectivity index (χ0v) is 12.8. The van der Waals surface area contributed by atoms with E-state index in [9.17, 15) is 9.18 Å². The fraction of sp³-hybridized carbons (Fsp3) is 0.222. The molecule has 0 radical (unpaired) electrons. The number of furan rings is 1. The van der Waals surface area contributed by atoms with Crippen molar-refractivity contribution in [2.24, 2.45) is 0 Å². The van der Waals surface area contributed by atoms with Crippen LogP contribution in [0.15, 0.2) is 57.7 Å². The largest absolute Gasteiger partial charge is 0.467 e. The topological polar surface area (TPSA) is 59.5 Å². The summed E-state index contributed by atoms with van der Waals surface area (Å²) in [7, 11) is 0. The number of benzene rings is 1. The Labute approximate surface area is 137 Å². The number of hydrogen-bond acceptors (Lipinski definition) is 4. The number of carbonyl (C=O) groups is 1. The SMILES string of the molecule is O=C(c1cc(-c2ccccc2F)no1)N1CCCC1c1ccco1. The van der Waals surface area contributed by atoms with Gasteiger partial charge in [0.1, 0.15) is 17.3 Å². The second-order valence-corrected chi connectivity index (χ2v) is 5.73. The minimum atomic E-state index is -0.403. The number of nitrogens with zero attached hydrogens (tertiary/aromatic N) is 2. The van der Waals surface area contributed by atoms with Crippen LogP contribution in [0.25, 0.3) is 11.3 Å². The van der Waals surface area contributed by atoms with Gasteiger partial charge in [0.2, 0.25) is 5.76 Å². The Morgan fingerprint density at radius 1 is 1.25 bits per heavy atom. The summed E-state index contributed by atoms with van der Waals surface area (Å²) in [5, 5.41) is 3.84. The Morgan fingerprint density at radius 2 is 2.12 bits per heavy atom. The number of rotatable bonds is 3. The third-order valence-corrected chi connectivity index (χ3v) is 4.26. The highest BCUT2D eigenvalue weighted by Crippen LogP contribution is 2.34. The fourth-order valence-corrected chi connectivity index (χ4v) is 3.10. The summed E-state index contributed by atoms with van der Waals surface area (Å²) in [6.07, 6.45) is 3.33. The molecule has 1 fully saturated rings. The van der Waals surface area contributed by atoms with Crippen molar-refractivity contribution in [2.75, 3.05) is 6.54 Å². The Hall–Kier alpha value is -2.89. The Morgan fingerprint density at radius 3 is 2.92 bits per heavy atom. The van der Waals surface area contributed by atoms with E-state index in [0.717, 1.165) is 18.6 Å². The summed E-state index contributed by atoms with van der Waals surface area (Å²) in [6, 6.07) is 11.3. The summed E-state index contributed by atoms with van der Waals surface area (Å²) in [6.45, 7) is 0.625. The maximum absolute atomic E-state index is 13.8. The Bertz CT molecular complexity index is 857. The van der Waals surface area contributed by atoms with Crippen molar-refractivity contribution >= 4 is 5.91 Å². The van der Waals surface area contributed by atoms with Gasteiger partial charge in [0, 0.05) is 18.2 Å². The van der Waals surface area contributed by atoms with E-state index in [1.165, 1.54) is 12.1 Å². The van der Waals surface area contributed by atoms with Gasteiger partial charge in [0.05, 0.1) is 12.3 Å². The van der Waals surface area contributed by atoms with Crippen molar-refractivity contribution in [3.05, 3.63) is 66.1 Å². The number of halogens is 1. The van der Waals surface area contributed by atoms with Gasteiger partial charge in [-0.15, -0.1) is 0 Å². The van der Waals surface area contributed by atoms with Crippen molar-refractivity contribution in [1.82, 2.24) is 10.1 Å². The molecule has 122 valence electrons. The average molecular weight is 326 g/mol. The summed E-state index contributed by atoms with van der Waals surface area (Å²) in [4.78, 5) is 14.5. The molecule has 1 saturated heterocycles. The van der Waals surface area contributed by atoms with Crippen LogP contribution in [0.5, 0.6) is 0 Å². The number of likely N-dealkylation sites (tertiary alicyclic amines) is 1. The third kappa shape index (κ3) is 2.50.